The first-order chi connectivity index (χ1) is 16.7. The summed E-state index contributed by atoms with van der Waals surface area (Å²) in [6.45, 7) is 17.4. The van der Waals surface area contributed by atoms with Crippen molar-refractivity contribution in [2.75, 3.05) is 6.61 Å². The number of rotatable bonds is 8. The van der Waals surface area contributed by atoms with Crippen LogP contribution >= 0.6 is 0 Å². The van der Waals surface area contributed by atoms with Crippen LogP contribution < -0.4 is 0 Å². The van der Waals surface area contributed by atoms with E-state index in [1.165, 1.54) is 6.07 Å². The van der Waals surface area contributed by atoms with Gasteiger partial charge in [0.1, 0.15) is 18.2 Å². The molecule has 0 amide bonds. The van der Waals surface area contributed by atoms with Crippen molar-refractivity contribution in [3.63, 3.8) is 0 Å². The number of aromatic nitrogens is 4. The van der Waals surface area contributed by atoms with Crippen LogP contribution in [0.5, 0.6) is 0 Å². The van der Waals surface area contributed by atoms with Gasteiger partial charge in [-0.05, 0) is 55.6 Å². The van der Waals surface area contributed by atoms with Crippen LogP contribution in [0.4, 0.5) is 10.2 Å². The Balaban J connectivity index is 1.64. The van der Waals surface area contributed by atoms with E-state index in [1.54, 1.807) is 19.2 Å². The highest BCUT2D eigenvalue weighted by Crippen LogP contribution is 2.48. The summed E-state index contributed by atoms with van der Waals surface area (Å²) >= 11 is 0. The van der Waals surface area contributed by atoms with E-state index in [4.69, 9.17) is 16.4 Å². The number of pyridine rings is 1. The standard InChI is InChI=1S/C27H30FN5OSi/c1-18-14-20(8-10-22(18)28)26-25(21-9-11-23-30-15-24(29-2)32(23)16-21)27(19-6-7-19)33(31-26)17-34-12-13-35(3,4)5/h8-11,14-16,19H,6-7,12-13,17H2,1,3-5H3. The molecule has 8 heteroatoms. The number of fused-ring (bicyclic) bond motifs is 1. The van der Waals surface area contributed by atoms with Crippen molar-refractivity contribution in [1.82, 2.24) is 19.2 Å². The van der Waals surface area contributed by atoms with E-state index in [0.29, 0.717) is 24.0 Å². The average Bonchev–Trinajstić information content (AvgIpc) is 3.46. The molecule has 0 aliphatic heterocycles. The predicted octanol–water partition coefficient (Wildman–Crippen LogP) is 7.05. The molecular formula is C27H30FN5OSi. The van der Waals surface area contributed by atoms with Gasteiger partial charge in [-0.3, -0.25) is 0 Å². The molecule has 6 nitrogen and oxygen atoms in total. The monoisotopic (exact) mass is 487 g/mol. The average molecular weight is 488 g/mol. The van der Waals surface area contributed by atoms with Crippen LogP contribution in [0.15, 0.2) is 42.7 Å². The Morgan fingerprint density at radius 1 is 1.17 bits per heavy atom. The number of ether oxygens (including phenoxy) is 1. The van der Waals surface area contributed by atoms with E-state index in [2.05, 4.69) is 29.5 Å². The molecule has 1 saturated carbocycles. The lowest BCUT2D eigenvalue weighted by Crippen LogP contribution is -2.22. The quantitative estimate of drug-likeness (QED) is 0.152. The smallest absolute Gasteiger partial charge is 0.254 e. The molecule has 0 bridgehead atoms. The van der Waals surface area contributed by atoms with E-state index >= 15 is 0 Å². The molecule has 0 N–H and O–H groups in total. The topological polar surface area (TPSA) is 48.7 Å². The minimum atomic E-state index is -1.19. The summed E-state index contributed by atoms with van der Waals surface area (Å²) in [4.78, 5) is 7.95. The summed E-state index contributed by atoms with van der Waals surface area (Å²) in [6.07, 6.45) is 5.77. The third-order valence-electron chi connectivity index (χ3n) is 6.49. The molecule has 1 aliphatic rings. The van der Waals surface area contributed by atoms with E-state index in [-0.39, 0.29) is 5.82 Å². The normalized spacial score (nSPS) is 13.9. The van der Waals surface area contributed by atoms with Crippen LogP contribution in [0.3, 0.4) is 0 Å². The van der Waals surface area contributed by atoms with Gasteiger partial charge < -0.3 is 9.58 Å². The molecule has 0 saturated heterocycles. The fourth-order valence-corrected chi connectivity index (χ4v) is 5.11. The first-order valence-electron chi connectivity index (χ1n) is 12.0. The van der Waals surface area contributed by atoms with Crippen LogP contribution in [-0.4, -0.2) is 33.8 Å². The Morgan fingerprint density at radius 2 is 1.94 bits per heavy atom. The number of imidazole rings is 1. The summed E-state index contributed by atoms with van der Waals surface area (Å²) in [5.41, 5.74) is 6.15. The largest absolute Gasteiger partial charge is 0.362 e. The molecule has 35 heavy (non-hydrogen) atoms. The third-order valence-corrected chi connectivity index (χ3v) is 8.19. The second-order valence-electron chi connectivity index (χ2n) is 10.6. The maximum Gasteiger partial charge on any atom is 0.254 e. The van der Waals surface area contributed by atoms with Crippen LogP contribution in [0.25, 0.3) is 32.9 Å². The van der Waals surface area contributed by atoms with Gasteiger partial charge in [0.15, 0.2) is 0 Å². The first-order valence-corrected chi connectivity index (χ1v) is 15.8. The highest BCUT2D eigenvalue weighted by atomic mass is 28.3. The molecule has 3 aromatic heterocycles. The number of halogens is 1. The minimum Gasteiger partial charge on any atom is -0.362 e. The minimum absolute atomic E-state index is 0.228. The molecular weight excluding hydrogens is 457 g/mol. The molecule has 0 atom stereocenters. The second-order valence-corrected chi connectivity index (χ2v) is 16.2. The maximum absolute atomic E-state index is 14.1. The van der Waals surface area contributed by atoms with Crippen molar-refractivity contribution < 1.29 is 9.13 Å². The van der Waals surface area contributed by atoms with E-state index in [0.717, 1.165) is 59.2 Å². The second kappa shape index (κ2) is 9.06. The third kappa shape index (κ3) is 4.79. The van der Waals surface area contributed by atoms with Gasteiger partial charge in [-0.1, -0.05) is 26.2 Å². The van der Waals surface area contributed by atoms with Crippen molar-refractivity contribution in [3.05, 3.63) is 71.2 Å². The van der Waals surface area contributed by atoms with Crippen LogP contribution in [-0.2, 0) is 11.5 Å². The summed E-state index contributed by atoms with van der Waals surface area (Å²) in [5, 5.41) is 5.03. The van der Waals surface area contributed by atoms with Crippen molar-refractivity contribution in [1.29, 1.82) is 0 Å². The zero-order valence-corrected chi connectivity index (χ0v) is 21.7. The lowest BCUT2D eigenvalue weighted by atomic mass is 9.97. The summed E-state index contributed by atoms with van der Waals surface area (Å²) in [7, 11) is -1.19. The van der Waals surface area contributed by atoms with Crippen molar-refractivity contribution in [2.45, 2.75) is 58.1 Å². The summed E-state index contributed by atoms with van der Waals surface area (Å²) in [6, 6.07) is 10.2. The van der Waals surface area contributed by atoms with Gasteiger partial charge in [-0.25, -0.2) is 18.5 Å². The van der Waals surface area contributed by atoms with Crippen LogP contribution in [0.2, 0.25) is 25.7 Å². The van der Waals surface area contributed by atoms with Crippen LogP contribution in [0.1, 0.15) is 30.0 Å². The fourth-order valence-electron chi connectivity index (χ4n) is 4.35. The molecule has 0 radical (unpaired) electrons. The molecule has 180 valence electrons. The van der Waals surface area contributed by atoms with Crippen molar-refractivity contribution >= 4 is 19.5 Å². The zero-order chi connectivity index (χ0) is 24.7. The van der Waals surface area contributed by atoms with E-state index in [1.807, 2.05) is 33.5 Å². The predicted molar refractivity (Wildman–Crippen MR) is 139 cm³/mol. The lowest BCUT2D eigenvalue weighted by molar-refractivity contribution is 0.0767. The van der Waals surface area contributed by atoms with Gasteiger partial charge >= 0.3 is 0 Å². The summed E-state index contributed by atoms with van der Waals surface area (Å²) < 4.78 is 24.0. The van der Waals surface area contributed by atoms with Crippen LogP contribution in [0, 0.1) is 19.3 Å². The SMILES string of the molecule is [C-]#[N+]c1cnc2ccc(-c3c(-c4ccc(F)c(C)c4)nn(COCC[Si](C)(C)C)c3C3CC3)cn12. The van der Waals surface area contributed by atoms with Gasteiger partial charge in [0.25, 0.3) is 5.82 Å². The van der Waals surface area contributed by atoms with Gasteiger partial charge in [-0.15, -0.1) is 0 Å². The number of hydrogen-bond acceptors (Lipinski definition) is 3. The van der Waals surface area contributed by atoms with Gasteiger partial charge in [0.2, 0.25) is 5.65 Å². The highest BCUT2D eigenvalue weighted by Gasteiger charge is 2.34. The molecule has 0 spiro atoms. The number of benzene rings is 1. The molecule has 3 heterocycles. The van der Waals surface area contributed by atoms with Crippen molar-refractivity contribution in [2.24, 2.45) is 0 Å². The maximum atomic E-state index is 14.1. The highest BCUT2D eigenvalue weighted by molar-refractivity contribution is 6.76. The Morgan fingerprint density at radius 3 is 2.63 bits per heavy atom. The number of aryl methyl sites for hydroxylation is 1. The van der Waals surface area contributed by atoms with Gasteiger partial charge in [0.05, 0.1) is 18.1 Å². The van der Waals surface area contributed by atoms with Gasteiger partial charge in [0, 0.05) is 43.4 Å². The Hall–Kier alpha value is -3.28. The molecule has 1 aliphatic carbocycles. The number of hydrogen-bond donors (Lipinski definition) is 0. The van der Waals surface area contributed by atoms with E-state index < -0.39 is 8.07 Å². The van der Waals surface area contributed by atoms with E-state index in [9.17, 15) is 4.39 Å². The van der Waals surface area contributed by atoms with Crippen molar-refractivity contribution in [3.8, 4) is 22.4 Å². The Labute approximate surface area is 206 Å². The molecule has 1 fully saturated rings. The Kier molecular flexibility index (Phi) is 6.07. The molecule has 4 aromatic rings. The first kappa shape index (κ1) is 23.5. The molecule has 5 rings (SSSR count). The summed E-state index contributed by atoms with van der Waals surface area (Å²) in [5.74, 6) is 0.650. The fraction of sp³-hybridized carbons (Fsp3) is 0.370. The molecule has 0 unspecified atom stereocenters. The van der Waals surface area contributed by atoms with Gasteiger partial charge in [-0.2, -0.15) is 5.10 Å². The lowest BCUT2D eigenvalue weighted by Gasteiger charge is -2.16. The molecule has 1 aromatic carbocycles. The Bertz CT molecular complexity index is 1440. The number of nitrogens with zero attached hydrogens (tertiary/aromatic N) is 5. The zero-order valence-electron chi connectivity index (χ0n) is 20.7.